The highest BCUT2D eigenvalue weighted by Crippen LogP contribution is 2.20. The summed E-state index contributed by atoms with van der Waals surface area (Å²) >= 11 is 0. The van der Waals surface area contributed by atoms with Gasteiger partial charge in [-0.3, -0.25) is 9.59 Å². The minimum atomic E-state index is -3.84. The Bertz CT molecular complexity index is 1130. The van der Waals surface area contributed by atoms with Crippen molar-refractivity contribution in [3.05, 3.63) is 54.6 Å². The Balaban J connectivity index is 1.64. The second-order valence-corrected chi connectivity index (χ2v) is 8.26. The number of carbonyl (C=O) groups excluding carboxylic acids is 3. The zero-order valence-electron chi connectivity index (χ0n) is 16.5. The minimum Gasteiger partial charge on any atom is -0.448 e. The molecule has 1 heterocycles. The number of esters is 1. The molecule has 3 rings (SSSR count). The summed E-state index contributed by atoms with van der Waals surface area (Å²) in [4.78, 5) is 36.8. The van der Waals surface area contributed by atoms with Gasteiger partial charge in [0, 0.05) is 18.5 Å². The van der Waals surface area contributed by atoms with Crippen molar-refractivity contribution in [1.29, 1.82) is 0 Å². The van der Waals surface area contributed by atoms with Crippen LogP contribution in [-0.2, 0) is 29.1 Å². The van der Waals surface area contributed by atoms with Crippen LogP contribution in [0.1, 0.15) is 19.8 Å². The first-order valence-electron chi connectivity index (χ1n) is 9.25. The van der Waals surface area contributed by atoms with Gasteiger partial charge in [-0.25, -0.2) is 23.4 Å². The number of sulfonamides is 1. The Morgan fingerprint density at radius 1 is 1.10 bits per heavy atom. The van der Waals surface area contributed by atoms with E-state index in [2.05, 4.69) is 10.4 Å². The number of hydrogen-bond acceptors (Lipinski definition) is 7. The number of amides is 2. The van der Waals surface area contributed by atoms with Gasteiger partial charge in [0.05, 0.1) is 10.6 Å². The van der Waals surface area contributed by atoms with Crippen molar-refractivity contribution in [3.63, 3.8) is 0 Å². The van der Waals surface area contributed by atoms with E-state index in [1.54, 1.807) is 30.3 Å². The van der Waals surface area contributed by atoms with E-state index in [0.717, 1.165) is 5.01 Å². The number of para-hydroxylation sites is 1. The van der Waals surface area contributed by atoms with E-state index in [0.29, 0.717) is 11.4 Å². The summed E-state index contributed by atoms with van der Waals surface area (Å²) < 4.78 is 27.7. The Kier molecular flexibility index (Phi) is 6.47. The molecule has 2 aromatic carbocycles. The van der Waals surface area contributed by atoms with Crippen LogP contribution in [0, 0.1) is 0 Å². The highest BCUT2D eigenvalue weighted by atomic mass is 32.2. The Morgan fingerprint density at radius 2 is 1.74 bits per heavy atom. The molecule has 2 amide bonds. The third-order valence-electron chi connectivity index (χ3n) is 4.37. The number of nitrogens with one attached hydrogen (secondary N) is 1. The highest BCUT2D eigenvalue weighted by Gasteiger charge is 2.28. The first-order chi connectivity index (χ1) is 14.6. The van der Waals surface area contributed by atoms with Crippen LogP contribution in [-0.4, -0.2) is 38.0 Å². The number of primary sulfonamides is 1. The van der Waals surface area contributed by atoms with Crippen molar-refractivity contribution in [3.8, 4) is 0 Å². The summed E-state index contributed by atoms with van der Waals surface area (Å²) in [7, 11) is -3.84. The van der Waals surface area contributed by atoms with Crippen LogP contribution in [0.4, 0.5) is 11.4 Å². The van der Waals surface area contributed by atoms with E-state index in [4.69, 9.17) is 9.88 Å². The van der Waals surface area contributed by atoms with Crippen LogP contribution in [0.2, 0.25) is 0 Å². The van der Waals surface area contributed by atoms with Gasteiger partial charge in [0.25, 0.3) is 5.91 Å². The van der Waals surface area contributed by atoms with Gasteiger partial charge in [0.2, 0.25) is 15.9 Å². The number of hydrogen-bond donors (Lipinski definition) is 2. The number of benzene rings is 2. The van der Waals surface area contributed by atoms with Gasteiger partial charge in [-0.15, -0.1) is 0 Å². The van der Waals surface area contributed by atoms with Gasteiger partial charge in [-0.05, 0) is 43.3 Å². The van der Waals surface area contributed by atoms with E-state index >= 15 is 0 Å². The number of carbonyl (C=O) groups is 3. The maximum absolute atomic E-state index is 12.5. The summed E-state index contributed by atoms with van der Waals surface area (Å²) in [6.07, 6.45) is -0.972. The number of hydrazone groups is 1. The number of anilines is 2. The molecule has 0 saturated heterocycles. The third-order valence-corrected chi connectivity index (χ3v) is 5.30. The van der Waals surface area contributed by atoms with E-state index in [9.17, 15) is 22.8 Å². The van der Waals surface area contributed by atoms with Gasteiger partial charge in [0.15, 0.2) is 6.10 Å². The van der Waals surface area contributed by atoms with Crippen LogP contribution < -0.4 is 15.5 Å². The molecule has 0 fully saturated rings. The highest BCUT2D eigenvalue weighted by molar-refractivity contribution is 7.89. The summed E-state index contributed by atoms with van der Waals surface area (Å²) in [5.74, 6) is -1.68. The molecule has 31 heavy (non-hydrogen) atoms. The van der Waals surface area contributed by atoms with Crippen LogP contribution >= 0.6 is 0 Å². The summed E-state index contributed by atoms with van der Waals surface area (Å²) in [6.45, 7) is 1.38. The molecule has 1 aliphatic heterocycles. The second-order valence-electron chi connectivity index (χ2n) is 6.69. The molecule has 0 aliphatic carbocycles. The van der Waals surface area contributed by atoms with Crippen molar-refractivity contribution in [1.82, 2.24) is 0 Å². The maximum Gasteiger partial charge on any atom is 0.355 e. The minimum absolute atomic E-state index is 0.0283. The Hall–Kier alpha value is -3.57. The monoisotopic (exact) mass is 444 g/mol. The molecule has 11 heteroatoms. The van der Waals surface area contributed by atoms with E-state index in [-0.39, 0.29) is 29.4 Å². The normalized spacial score (nSPS) is 15.1. The molecular weight excluding hydrogens is 424 g/mol. The lowest BCUT2D eigenvalue weighted by Gasteiger charge is -2.23. The summed E-state index contributed by atoms with van der Waals surface area (Å²) in [5, 5.41) is 12.8. The van der Waals surface area contributed by atoms with Gasteiger partial charge >= 0.3 is 5.97 Å². The molecule has 3 N–H and O–H groups in total. The van der Waals surface area contributed by atoms with E-state index in [1.807, 2.05) is 0 Å². The molecule has 0 spiro atoms. The first-order valence-corrected chi connectivity index (χ1v) is 10.8. The van der Waals surface area contributed by atoms with Crippen molar-refractivity contribution in [2.45, 2.75) is 30.8 Å². The van der Waals surface area contributed by atoms with Gasteiger partial charge in [0.1, 0.15) is 5.71 Å². The SMILES string of the molecule is C[C@H](OC(=O)C1=NN(c2ccccc2)C(=O)CC1)C(=O)Nc1ccc(S(N)(=O)=O)cc1. The van der Waals surface area contributed by atoms with Crippen molar-refractivity contribution in [2.75, 3.05) is 10.3 Å². The molecule has 1 aliphatic rings. The number of rotatable bonds is 6. The molecule has 0 aromatic heterocycles. The Labute approximate surface area is 178 Å². The lowest BCUT2D eigenvalue weighted by molar-refractivity contribution is -0.146. The topological polar surface area (TPSA) is 148 Å². The molecule has 162 valence electrons. The first kappa shape index (κ1) is 22.1. The quantitative estimate of drug-likeness (QED) is 0.643. The predicted octanol–water partition coefficient (Wildman–Crippen LogP) is 1.39. The van der Waals surface area contributed by atoms with Crippen molar-refractivity contribution < 1.29 is 27.5 Å². The fourth-order valence-electron chi connectivity index (χ4n) is 2.73. The zero-order chi connectivity index (χ0) is 22.6. The average molecular weight is 444 g/mol. The fraction of sp³-hybridized carbons (Fsp3) is 0.200. The van der Waals surface area contributed by atoms with Crippen LogP contribution in [0.25, 0.3) is 0 Å². The molecule has 0 unspecified atom stereocenters. The summed E-state index contributed by atoms with van der Waals surface area (Å²) in [5.41, 5.74) is 0.850. The molecular formula is C20H20N4O6S. The Morgan fingerprint density at radius 3 is 2.35 bits per heavy atom. The van der Waals surface area contributed by atoms with E-state index in [1.165, 1.54) is 31.2 Å². The largest absolute Gasteiger partial charge is 0.448 e. The zero-order valence-corrected chi connectivity index (χ0v) is 17.3. The average Bonchev–Trinajstić information content (AvgIpc) is 2.74. The molecule has 2 aromatic rings. The van der Waals surface area contributed by atoms with Crippen molar-refractivity contribution >= 4 is 44.9 Å². The van der Waals surface area contributed by atoms with E-state index < -0.39 is 28.0 Å². The van der Waals surface area contributed by atoms with Crippen LogP contribution in [0.3, 0.4) is 0 Å². The second kappa shape index (κ2) is 9.06. The number of ether oxygens (including phenoxy) is 1. The smallest absolute Gasteiger partial charge is 0.355 e. The lowest BCUT2D eigenvalue weighted by Crippen LogP contribution is -2.37. The van der Waals surface area contributed by atoms with Crippen LogP contribution in [0.15, 0.2) is 64.6 Å². The third kappa shape index (κ3) is 5.53. The predicted molar refractivity (Wildman–Crippen MR) is 113 cm³/mol. The molecule has 0 saturated carbocycles. The van der Waals surface area contributed by atoms with Crippen molar-refractivity contribution in [2.24, 2.45) is 10.2 Å². The number of nitrogens with zero attached hydrogens (tertiary/aromatic N) is 2. The lowest BCUT2D eigenvalue weighted by atomic mass is 10.1. The molecule has 1 atom stereocenters. The standard InChI is InChI=1S/C20H20N4O6S/c1-13(19(26)22-14-7-9-16(10-8-14)31(21,28)29)30-20(27)17-11-12-18(25)24(23-17)15-5-3-2-4-6-15/h2-10,13H,11-12H2,1H3,(H,22,26)(H2,21,28,29)/t13-/m0/s1. The molecule has 0 bridgehead atoms. The van der Waals surface area contributed by atoms with Gasteiger partial charge < -0.3 is 10.1 Å². The number of nitrogens with two attached hydrogens (primary N) is 1. The van der Waals surface area contributed by atoms with Gasteiger partial charge in [-0.1, -0.05) is 18.2 Å². The molecule has 0 radical (unpaired) electrons. The summed E-state index contributed by atoms with van der Waals surface area (Å²) in [6, 6.07) is 13.9. The molecule has 10 nitrogen and oxygen atoms in total. The van der Waals surface area contributed by atoms with Crippen LogP contribution in [0.5, 0.6) is 0 Å². The fourth-order valence-corrected chi connectivity index (χ4v) is 3.24. The maximum atomic E-state index is 12.5. The van der Waals surface area contributed by atoms with Gasteiger partial charge in [-0.2, -0.15) is 5.10 Å².